The normalized spacial score (nSPS) is 11.2. The van der Waals surface area contributed by atoms with Crippen LogP contribution in [0, 0.1) is 0 Å². The molecule has 0 aliphatic heterocycles. The first-order valence-electron chi connectivity index (χ1n) is 11.0. The zero-order chi connectivity index (χ0) is 25.3. The Balaban J connectivity index is 1.81. The summed E-state index contributed by atoms with van der Waals surface area (Å²) in [6.45, 7) is 1.07. The Kier molecular flexibility index (Phi) is 9.47. The fraction of sp³-hybridized carbons (Fsp3) is 0.320. The van der Waals surface area contributed by atoms with Gasteiger partial charge in [0.25, 0.3) is 0 Å². The molecule has 186 valence electrons. The van der Waals surface area contributed by atoms with E-state index in [9.17, 15) is 18.0 Å². The third kappa shape index (κ3) is 8.54. The minimum absolute atomic E-state index is 0.0265. The molecule has 0 radical (unpaired) electrons. The Bertz CT molecular complexity index is 1100. The summed E-state index contributed by atoms with van der Waals surface area (Å²) >= 11 is 3.38. The van der Waals surface area contributed by atoms with Gasteiger partial charge in [-0.2, -0.15) is 13.2 Å². The highest BCUT2D eigenvalue weighted by Gasteiger charge is 2.32. The second-order valence-electron chi connectivity index (χ2n) is 7.76. The second kappa shape index (κ2) is 12.5. The molecular weight excluding hydrogens is 527 g/mol. The maximum atomic E-state index is 13.4. The number of unbranched alkanes of at least 4 members (excludes halogenated alkanes) is 1. The SMILES string of the molecule is CCCCOC(=O)c1ccc(N(Cc2cc(Br)ccc2OCc2ccccc2)CC(F)(F)F)nn1. The molecule has 35 heavy (non-hydrogen) atoms. The smallest absolute Gasteiger partial charge is 0.405 e. The average Bonchev–Trinajstić information content (AvgIpc) is 2.83. The van der Waals surface area contributed by atoms with Crippen molar-refractivity contribution in [1.82, 2.24) is 10.2 Å². The van der Waals surface area contributed by atoms with E-state index in [-0.39, 0.29) is 31.3 Å². The van der Waals surface area contributed by atoms with Crippen LogP contribution in [0.2, 0.25) is 0 Å². The minimum Gasteiger partial charge on any atom is -0.489 e. The van der Waals surface area contributed by atoms with Crippen LogP contribution in [0.3, 0.4) is 0 Å². The second-order valence-corrected chi connectivity index (χ2v) is 8.68. The standard InChI is InChI=1S/C25H25BrF3N3O3/c1-2-3-13-34-24(33)21-10-12-23(31-30-21)32(17-25(27,28)29)15-19-14-20(26)9-11-22(19)35-16-18-7-5-4-6-8-18/h4-12,14H,2-3,13,15-17H2,1H3. The highest BCUT2D eigenvalue weighted by atomic mass is 79.9. The summed E-state index contributed by atoms with van der Waals surface area (Å²) in [5, 5.41) is 7.67. The monoisotopic (exact) mass is 551 g/mol. The molecule has 0 fully saturated rings. The van der Waals surface area contributed by atoms with Crippen LogP contribution < -0.4 is 9.64 Å². The summed E-state index contributed by atoms with van der Waals surface area (Å²) in [5.74, 6) is -0.238. The predicted octanol–water partition coefficient (Wildman–Crippen LogP) is 6.34. The highest BCUT2D eigenvalue weighted by molar-refractivity contribution is 9.10. The van der Waals surface area contributed by atoms with E-state index in [1.807, 2.05) is 37.3 Å². The number of carbonyl (C=O) groups excluding carboxylic acids is 1. The van der Waals surface area contributed by atoms with E-state index < -0.39 is 18.7 Å². The molecule has 0 aliphatic rings. The lowest BCUT2D eigenvalue weighted by atomic mass is 10.1. The van der Waals surface area contributed by atoms with E-state index in [0.717, 1.165) is 16.9 Å². The summed E-state index contributed by atoms with van der Waals surface area (Å²) in [6, 6.07) is 17.3. The van der Waals surface area contributed by atoms with Gasteiger partial charge in [-0.05, 0) is 42.3 Å². The van der Waals surface area contributed by atoms with Crippen molar-refractivity contribution in [2.45, 2.75) is 39.1 Å². The number of benzene rings is 2. The van der Waals surface area contributed by atoms with E-state index in [1.165, 1.54) is 12.1 Å². The lowest BCUT2D eigenvalue weighted by molar-refractivity contribution is -0.120. The zero-order valence-electron chi connectivity index (χ0n) is 19.1. The van der Waals surface area contributed by atoms with Crippen molar-refractivity contribution in [3.8, 4) is 5.75 Å². The number of esters is 1. The van der Waals surface area contributed by atoms with Gasteiger partial charge in [-0.15, -0.1) is 10.2 Å². The van der Waals surface area contributed by atoms with Crippen LogP contribution in [-0.2, 0) is 17.9 Å². The molecule has 0 saturated heterocycles. The Morgan fingerprint density at radius 2 is 1.83 bits per heavy atom. The highest BCUT2D eigenvalue weighted by Crippen LogP contribution is 2.29. The molecule has 3 aromatic rings. The first kappa shape index (κ1) is 26.5. The van der Waals surface area contributed by atoms with Gasteiger partial charge in [-0.25, -0.2) is 4.79 Å². The summed E-state index contributed by atoms with van der Waals surface area (Å²) in [5.41, 5.74) is 1.40. The van der Waals surface area contributed by atoms with Crippen LogP contribution in [0.5, 0.6) is 5.75 Å². The molecular formula is C25H25BrF3N3O3. The van der Waals surface area contributed by atoms with E-state index in [4.69, 9.17) is 9.47 Å². The largest absolute Gasteiger partial charge is 0.489 e. The van der Waals surface area contributed by atoms with Crippen molar-refractivity contribution in [2.75, 3.05) is 18.1 Å². The quantitative estimate of drug-likeness (QED) is 0.204. The first-order chi connectivity index (χ1) is 16.7. The number of anilines is 1. The minimum atomic E-state index is -4.49. The molecule has 0 spiro atoms. The topological polar surface area (TPSA) is 64.5 Å². The molecule has 0 amide bonds. The molecule has 1 aromatic heterocycles. The lowest BCUT2D eigenvalue weighted by Crippen LogP contribution is -2.34. The van der Waals surface area contributed by atoms with Crippen LogP contribution in [0.25, 0.3) is 0 Å². The summed E-state index contributed by atoms with van der Waals surface area (Å²) in [7, 11) is 0. The number of hydrogen-bond acceptors (Lipinski definition) is 6. The zero-order valence-corrected chi connectivity index (χ0v) is 20.7. The van der Waals surface area contributed by atoms with Crippen molar-refractivity contribution >= 4 is 27.7 Å². The van der Waals surface area contributed by atoms with Gasteiger partial charge in [0.15, 0.2) is 11.5 Å². The number of ether oxygens (including phenoxy) is 2. The molecule has 0 bridgehead atoms. The fourth-order valence-electron chi connectivity index (χ4n) is 3.17. The molecule has 10 heteroatoms. The lowest BCUT2D eigenvalue weighted by Gasteiger charge is -2.25. The van der Waals surface area contributed by atoms with Crippen LogP contribution in [-0.4, -0.2) is 35.5 Å². The Morgan fingerprint density at radius 3 is 2.49 bits per heavy atom. The number of carbonyl (C=O) groups is 1. The molecule has 3 rings (SSSR count). The molecule has 0 atom stereocenters. The molecule has 6 nitrogen and oxygen atoms in total. The third-order valence-electron chi connectivity index (χ3n) is 4.91. The van der Waals surface area contributed by atoms with Crippen molar-refractivity contribution in [3.05, 3.63) is 82.0 Å². The van der Waals surface area contributed by atoms with Crippen LogP contribution >= 0.6 is 15.9 Å². The van der Waals surface area contributed by atoms with E-state index >= 15 is 0 Å². The van der Waals surface area contributed by atoms with Gasteiger partial charge < -0.3 is 14.4 Å². The van der Waals surface area contributed by atoms with Gasteiger partial charge >= 0.3 is 12.1 Å². The van der Waals surface area contributed by atoms with Gasteiger partial charge in [0, 0.05) is 16.6 Å². The number of alkyl halides is 3. The van der Waals surface area contributed by atoms with Gasteiger partial charge in [0.2, 0.25) is 0 Å². The molecule has 1 heterocycles. The van der Waals surface area contributed by atoms with Crippen molar-refractivity contribution in [3.63, 3.8) is 0 Å². The Labute approximate surface area is 210 Å². The van der Waals surface area contributed by atoms with E-state index in [0.29, 0.717) is 22.2 Å². The summed E-state index contributed by atoms with van der Waals surface area (Å²) in [4.78, 5) is 13.1. The predicted molar refractivity (Wildman–Crippen MR) is 129 cm³/mol. The van der Waals surface area contributed by atoms with Crippen molar-refractivity contribution < 1.29 is 27.4 Å². The van der Waals surface area contributed by atoms with Gasteiger partial charge in [-0.3, -0.25) is 0 Å². The number of nitrogens with zero attached hydrogens (tertiary/aromatic N) is 3. The summed E-state index contributed by atoms with van der Waals surface area (Å²) < 4.78 is 52.0. The summed E-state index contributed by atoms with van der Waals surface area (Å²) in [6.07, 6.45) is -2.93. The number of rotatable bonds is 11. The third-order valence-corrected chi connectivity index (χ3v) is 5.40. The van der Waals surface area contributed by atoms with Crippen LogP contribution in [0.1, 0.15) is 41.4 Å². The van der Waals surface area contributed by atoms with Crippen LogP contribution in [0.15, 0.2) is 65.1 Å². The fourth-order valence-corrected chi connectivity index (χ4v) is 3.58. The Morgan fingerprint density at radius 1 is 1.06 bits per heavy atom. The average molecular weight is 552 g/mol. The van der Waals surface area contributed by atoms with Gasteiger partial charge in [0.1, 0.15) is 18.9 Å². The molecule has 0 unspecified atom stereocenters. The number of halogens is 4. The first-order valence-corrected chi connectivity index (χ1v) is 11.8. The van der Waals surface area contributed by atoms with Gasteiger partial charge in [0.05, 0.1) is 6.61 Å². The van der Waals surface area contributed by atoms with Crippen molar-refractivity contribution in [1.29, 1.82) is 0 Å². The molecule has 0 N–H and O–H groups in total. The van der Waals surface area contributed by atoms with E-state index in [2.05, 4.69) is 26.1 Å². The molecule has 2 aromatic carbocycles. The molecule has 0 saturated carbocycles. The van der Waals surface area contributed by atoms with Crippen molar-refractivity contribution in [2.24, 2.45) is 0 Å². The molecule has 0 aliphatic carbocycles. The number of hydrogen-bond donors (Lipinski definition) is 0. The Hall–Kier alpha value is -3.14. The van der Waals surface area contributed by atoms with E-state index in [1.54, 1.807) is 18.2 Å². The maximum Gasteiger partial charge on any atom is 0.405 e. The number of aromatic nitrogens is 2. The van der Waals surface area contributed by atoms with Gasteiger partial charge in [-0.1, -0.05) is 59.6 Å². The maximum absolute atomic E-state index is 13.4. The van der Waals surface area contributed by atoms with Crippen LogP contribution in [0.4, 0.5) is 19.0 Å².